The normalized spacial score (nSPS) is 18.9. The van der Waals surface area contributed by atoms with E-state index in [0.717, 1.165) is 19.5 Å². The molecule has 2 atom stereocenters. The predicted octanol–water partition coefficient (Wildman–Crippen LogP) is 3.64. The molecule has 1 aromatic rings. The van der Waals surface area contributed by atoms with E-state index in [-0.39, 0.29) is 6.04 Å². The Labute approximate surface area is 130 Å². The fourth-order valence-corrected chi connectivity index (χ4v) is 4.08. The zero-order valence-corrected chi connectivity index (χ0v) is 13.3. The van der Waals surface area contributed by atoms with Crippen LogP contribution < -0.4 is 5.32 Å². The van der Waals surface area contributed by atoms with Crippen molar-refractivity contribution in [3.8, 4) is 0 Å². The van der Waals surface area contributed by atoms with E-state index in [9.17, 15) is 4.79 Å². The van der Waals surface area contributed by atoms with Crippen LogP contribution in [0, 0.1) is 0 Å². The Morgan fingerprint density at radius 3 is 2.57 bits per heavy atom. The highest BCUT2D eigenvalue weighted by atomic mass is 32.2. The number of benzene rings is 1. The highest BCUT2D eigenvalue weighted by Crippen LogP contribution is 2.30. The molecule has 0 bridgehead atoms. The van der Waals surface area contributed by atoms with Gasteiger partial charge >= 0.3 is 6.09 Å². The van der Waals surface area contributed by atoms with Crippen molar-refractivity contribution in [3.63, 3.8) is 0 Å². The van der Waals surface area contributed by atoms with E-state index in [4.69, 9.17) is 5.11 Å². The molecule has 0 spiro atoms. The minimum Gasteiger partial charge on any atom is -0.465 e. The minimum atomic E-state index is -0.940. The number of piperidine rings is 1. The first-order chi connectivity index (χ1) is 10.1. The van der Waals surface area contributed by atoms with Gasteiger partial charge in [-0.3, -0.25) is 4.90 Å². The van der Waals surface area contributed by atoms with Gasteiger partial charge in [0.25, 0.3) is 0 Å². The fourth-order valence-electron chi connectivity index (χ4n) is 2.71. The van der Waals surface area contributed by atoms with E-state index >= 15 is 0 Å². The molecule has 4 nitrogen and oxygen atoms in total. The molecule has 1 saturated heterocycles. The van der Waals surface area contributed by atoms with E-state index in [0.29, 0.717) is 5.37 Å². The van der Waals surface area contributed by atoms with Crippen molar-refractivity contribution in [2.24, 2.45) is 0 Å². The van der Waals surface area contributed by atoms with Crippen LogP contribution in [0.25, 0.3) is 0 Å². The summed E-state index contributed by atoms with van der Waals surface area (Å²) in [5, 5.41) is 11.8. The Bertz CT molecular complexity index is 435. The summed E-state index contributed by atoms with van der Waals surface area (Å²) in [6.45, 7) is 4.17. The SMILES string of the molecule is C[C@H](C[C@H](Sc1ccccc1)N1CCCCC1)NC(=O)O. The predicted molar refractivity (Wildman–Crippen MR) is 86.8 cm³/mol. The molecule has 0 radical (unpaired) electrons. The number of hydrogen-bond donors (Lipinski definition) is 2. The lowest BCUT2D eigenvalue weighted by Gasteiger charge is -2.35. The third kappa shape index (κ3) is 5.59. The van der Waals surface area contributed by atoms with Gasteiger partial charge in [0.15, 0.2) is 0 Å². The van der Waals surface area contributed by atoms with Crippen molar-refractivity contribution in [2.45, 2.75) is 48.9 Å². The molecule has 1 aromatic carbocycles. The quantitative estimate of drug-likeness (QED) is 0.788. The van der Waals surface area contributed by atoms with Crippen molar-refractivity contribution < 1.29 is 9.90 Å². The van der Waals surface area contributed by atoms with Crippen LogP contribution in [-0.2, 0) is 0 Å². The van der Waals surface area contributed by atoms with Gasteiger partial charge in [0.1, 0.15) is 0 Å². The van der Waals surface area contributed by atoms with Gasteiger partial charge in [-0.25, -0.2) is 4.79 Å². The Kier molecular flexibility index (Phi) is 6.39. The Morgan fingerprint density at radius 1 is 1.29 bits per heavy atom. The lowest BCUT2D eigenvalue weighted by Crippen LogP contribution is -2.42. The van der Waals surface area contributed by atoms with E-state index in [1.165, 1.54) is 24.2 Å². The van der Waals surface area contributed by atoms with Gasteiger partial charge in [-0.2, -0.15) is 0 Å². The summed E-state index contributed by atoms with van der Waals surface area (Å²) >= 11 is 1.84. The molecule has 21 heavy (non-hydrogen) atoms. The summed E-state index contributed by atoms with van der Waals surface area (Å²) in [6, 6.07) is 10.3. The number of amides is 1. The number of nitrogens with one attached hydrogen (secondary N) is 1. The maximum absolute atomic E-state index is 10.8. The molecule has 116 valence electrons. The molecule has 1 aliphatic rings. The molecule has 0 aromatic heterocycles. The highest BCUT2D eigenvalue weighted by molar-refractivity contribution is 7.99. The molecule has 0 unspecified atom stereocenters. The molecular formula is C16H24N2O2S. The standard InChI is InChI=1S/C16H24N2O2S/c1-13(17-16(19)20)12-15(18-10-6-3-7-11-18)21-14-8-4-2-5-9-14/h2,4-5,8-9,13,15,17H,3,6-7,10-12H2,1H3,(H,19,20)/t13-,15+/m1/s1. The third-order valence-electron chi connectivity index (χ3n) is 3.74. The molecule has 1 fully saturated rings. The second-order valence-corrected chi connectivity index (χ2v) is 6.82. The first kappa shape index (κ1) is 16.2. The lowest BCUT2D eigenvalue weighted by atomic mass is 10.1. The van der Waals surface area contributed by atoms with Crippen LogP contribution in [-0.4, -0.2) is 40.6 Å². The third-order valence-corrected chi connectivity index (χ3v) is 5.05. The Morgan fingerprint density at radius 2 is 1.95 bits per heavy atom. The van der Waals surface area contributed by atoms with Gasteiger partial charge in [-0.15, -0.1) is 11.8 Å². The van der Waals surface area contributed by atoms with Crippen LogP contribution in [0.5, 0.6) is 0 Å². The highest BCUT2D eigenvalue weighted by Gasteiger charge is 2.24. The van der Waals surface area contributed by atoms with E-state index in [1.54, 1.807) is 0 Å². The average Bonchev–Trinajstić information content (AvgIpc) is 2.48. The van der Waals surface area contributed by atoms with Crippen LogP contribution >= 0.6 is 11.8 Å². The summed E-state index contributed by atoms with van der Waals surface area (Å²) in [5.41, 5.74) is 0. The van der Waals surface area contributed by atoms with Crippen LogP contribution in [0.4, 0.5) is 4.79 Å². The molecule has 0 aliphatic carbocycles. The second-order valence-electron chi connectivity index (χ2n) is 5.57. The van der Waals surface area contributed by atoms with Crippen LogP contribution in [0.2, 0.25) is 0 Å². The maximum atomic E-state index is 10.8. The largest absolute Gasteiger partial charge is 0.465 e. The van der Waals surface area contributed by atoms with Crippen LogP contribution in [0.3, 0.4) is 0 Å². The fraction of sp³-hybridized carbons (Fsp3) is 0.562. The number of hydrogen-bond acceptors (Lipinski definition) is 3. The van der Waals surface area contributed by atoms with Gasteiger partial charge in [-0.05, 0) is 51.4 Å². The molecule has 1 aliphatic heterocycles. The molecule has 5 heteroatoms. The first-order valence-electron chi connectivity index (χ1n) is 7.60. The first-order valence-corrected chi connectivity index (χ1v) is 8.48. The second kappa shape index (κ2) is 8.29. The number of nitrogens with zero attached hydrogens (tertiary/aromatic N) is 1. The van der Waals surface area contributed by atoms with Crippen LogP contribution in [0.15, 0.2) is 35.2 Å². The summed E-state index contributed by atoms with van der Waals surface area (Å²) in [4.78, 5) is 14.5. The average molecular weight is 308 g/mol. The maximum Gasteiger partial charge on any atom is 0.404 e. The molecule has 2 rings (SSSR count). The molecule has 1 heterocycles. The molecule has 1 amide bonds. The zero-order valence-electron chi connectivity index (χ0n) is 12.5. The van der Waals surface area contributed by atoms with Crippen LogP contribution in [0.1, 0.15) is 32.6 Å². The number of thioether (sulfide) groups is 1. The van der Waals surface area contributed by atoms with E-state index < -0.39 is 6.09 Å². The summed E-state index contributed by atoms with van der Waals surface area (Å²) in [6.07, 6.45) is 3.68. The van der Waals surface area contributed by atoms with E-state index in [1.807, 2.05) is 24.8 Å². The zero-order chi connectivity index (χ0) is 15.1. The van der Waals surface area contributed by atoms with Crippen molar-refractivity contribution >= 4 is 17.9 Å². The Balaban J connectivity index is 2.00. The molecule has 0 saturated carbocycles. The van der Waals surface area contributed by atoms with Crippen molar-refractivity contribution in [3.05, 3.63) is 30.3 Å². The number of likely N-dealkylation sites (tertiary alicyclic amines) is 1. The topological polar surface area (TPSA) is 52.6 Å². The summed E-state index contributed by atoms with van der Waals surface area (Å²) in [7, 11) is 0. The summed E-state index contributed by atoms with van der Waals surface area (Å²) in [5.74, 6) is 0. The number of rotatable bonds is 6. The monoisotopic (exact) mass is 308 g/mol. The number of carbonyl (C=O) groups is 1. The van der Waals surface area contributed by atoms with E-state index in [2.05, 4.69) is 34.5 Å². The smallest absolute Gasteiger partial charge is 0.404 e. The molecule has 2 N–H and O–H groups in total. The minimum absolute atomic E-state index is 0.0364. The van der Waals surface area contributed by atoms with Crippen molar-refractivity contribution in [1.82, 2.24) is 10.2 Å². The molecular weight excluding hydrogens is 284 g/mol. The van der Waals surface area contributed by atoms with Crippen molar-refractivity contribution in [2.75, 3.05) is 13.1 Å². The van der Waals surface area contributed by atoms with Gasteiger partial charge in [-0.1, -0.05) is 24.6 Å². The van der Waals surface area contributed by atoms with Crippen molar-refractivity contribution in [1.29, 1.82) is 0 Å². The number of carboxylic acid groups (broad SMARTS) is 1. The van der Waals surface area contributed by atoms with Gasteiger partial charge < -0.3 is 10.4 Å². The van der Waals surface area contributed by atoms with Gasteiger partial charge in [0.2, 0.25) is 0 Å². The summed E-state index contributed by atoms with van der Waals surface area (Å²) < 4.78 is 0. The van der Waals surface area contributed by atoms with Gasteiger partial charge in [0, 0.05) is 10.9 Å². The lowest BCUT2D eigenvalue weighted by molar-refractivity contribution is 0.179. The Hall–Kier alpha value is -1.20. The van der Waals surface area contributed by atoms with Gasteiger partial charge in [0.05, 0.1) is 5.37 Å².